The molecule has 0 saturated carbocycles. The molecule has 8 heteroatoms. The Hall–Kier alpha value is -1.22. The molecule has 1 rings (SSSR count). The maximum Gasteiger partial charge on any atom is 0.321 e. The zero-order valence-electron chi connectivity index (χ0n) is 14.9. The van der Waals surface area contributed by atoms with Crippen LogP contribution in [0.4, 0.5) is 0 Å². The van der Waals surface area contributed by atoms with Gasteiger partial charge in [0.05, 0.1) is 25.7 Å². The quantitative estimate of drug-likeness (QED) is 0.421. The predicted octanol–water partition coefficient (Wildman–Crippen LogP) is 1.31. The van der Waals surface area contributed by atoms with Gasteiger partial charge in [0.2, 0.25) is 0 Å². The highest BCUT2D eigenvalue weighted by molar-refractivity contribution is 5.80. The number of hydrogen-bond acceptors (Lipinski definition) is 6. The van der Waals surface area contributed by atoms with Crippen LogP contribution in [0.5, 0.6) is 0 Å². The Morgan fingerprint density at radius 2 is 1.84 bits per heavy atom. The molecule has 0 aromatic heterocycles. The first-order valence-corrected chi connectivity index (χ1v) is 9.04. The van der Waals surface area contributed by atoms with Gasteiger partial charge in [-0.1, -0.05) is 39.0 Å². The second kappa shape index (κ2) is 12.2. The molecule has 8 nitrogen and oxygen atoms in total. The number of aliphatic hydroxyl groups excluding tert-OH is 1. The molecule has 0 amide bonds. The standard InChI is InChI=1S/C17H31NO7/c1-2-3-4-5-6-7-8-24-16-11-18(10-13(12-19)25-16)14(17(22)23)9-15(20)21/h13-14,16,19H,2-12H2,1H3,(H,20,21)(H,22,23)/t13-,14-,16+/m0/s1. The fourth-order valence-corrected chi connectivity index (χ4v) is 2.91. The number of carboxylic acid groups (broad SMARTS) is 2. The van der Waals surface area contributed by atoms with Gasteiger partial charge in [-0.3, -0.25) is 14.5 Å². The molecule has 146 valence electrons. The molecule has 3 atom stereocenters. The molecule has 0 aromatic carbocycles. The summed E-state index contributed by atoms with van der Waals surface area (Å²) < 4.78 is 11.3. The van der Waals surface area contributed by atoms with Gasteiger partial charge in [-0.25, -0.2) is 0 Å². The Balaban J connectivity index is 2.46. The third kappa shape index (κ3) is 8.62. The molecular formula is C17H31NO7. The van der Waals surface area contributed by atoms with E-state index in [0.29, 0.717) is 6.61 Å². The maximum absolute atomic E-state index is 11.4. The lowest BCUT2D eigenvalue weighted by molar-refractivity contribution is -0.224. The van der Waals surface area contributed by atoms with Crippen LogP contribution in [-0.4, -0.2) is 76.9 Å². The van der Waals surface area contributed by atoms with E-state index in [2.05, 4.69) is 6.92 Å². The highest BCUT2D eigenvalue weighted by Gasteiger charge is 2.36. The van der Waals surface area contributed by atoms with Crippen LogP contribution in [-0.2, 0) is 19.1 Å². The second-order valence-corrected chi connectivity index (χ2v) is 6.41. The third-order valence-corrected chi connectivity index (χ3v) is 4.27. The Morgan fingerprint density at radius 3 is 2.44 bits per heavy atom. The van der Waals surface area contributed by atoms with Crippen LogP contribution in [0.15, 0.2) is 0 Å². The summed E-state index contributed by atoms with van der Waals surface area (Å²) in [5.74, 6) is -2.38. The van der Waals surface area contributed by atoms with Crippen LogP contribution in [0.25, 0.3) is 0 Å². The zero-order valence-corrected chi connectivity index (χ0v) is 14.9. The molecule has 3 N–H and O–H groups in total. The minimum atomic E-state index is -1.20. The summed E-state index contributed by atoms with van der Waals surface area (Å²) >= 11 is 0. The topological polar surface area (TPSA) is 117 Å². The van der Waals surface area contributed by atoms with Crippen LogP contribution < -0.4 is 0 Å². The monoisotopic (exact) mass is 361 g/mol. The van der Waals surface area contributed by atoms with Gasteiger partial charge in [0.1, 0.15) is 6.04 Å². The van der Waals surface area contributed by atoms with Gasteiger partial charge in [-0.05, 0) is 6.42 Å². The third-order valence-electron chi connectivity index (χ3n) is 4.27. The molecule has 1 aliphatic rings. The van der Waals surface area contributed by atoms with E-state index >= 15 is 0 Å². The van der Waals surface area contributed by atoms with Gasteiger partial charge in [-0.15, -0.1) is 0 Å². The fraction of sp³-hybridized carbons (Fsp3) is 0.882. The lowest BCUT2D eigenvalue weighted by Crippen LogP contribution is -2.56. The van der Waals surface area contributed by atoms with E-state index in [1.165, 1.54) is 24.2 Å². The van der Waals surface area contributed by atoms with Gasteiger partial charge >= 0.3 is 11.9 Å². The fourth-order valence-electron chi connectivity index (χ4n) is 2.91. The average molecular weight is 361 g/mol. The van der Waals surface area contributed by atoms with Crippen LogP contribution in [0.2, 0.25) is 0 Å². The van der Waals surface area contributed by atoms with Crippen LogP contribution in [0.1, 0.15) is 51.9 Å². The minimum absolute atomic E-state index is 0.164. The SMILES string of the molecule is CCCCCCCCO[C@H]1CN([C@@H](CC(=O)O)C(=O)O)C[C@@H](CO)O1. The van der Waals surface area contributed by atoms with Crippen molar-refractivity contribution in [3.8, 4) is 0 Å². The van der Waals surface area contributed by atoms with Crippen molar-refractivity contribution in [2.45, 2.75) is 70.3 Å². The van der Waals surface area contributed by atoms with Crippen molar-refractivity contribution in [2.75, 3.05) is 26.3 Å². The normalized spacial score (nSPS) is 22.6. The number of nitrogens with zero attached hydrogens (tertiary/aromatic N) is 1. The lowest BCUT2D eigenvalue weighted by atomic mass is 10.1. The van der Waals surface area contributed by atoms with Crippen molar-refractivity contribution in [1.29, 1.82) is 0 Å². The van der Waals surface area contributed by atoms with E-state index in [1.807, 2.05) is 0 Å². The summed E-state index contributed by atoms with van der Waals surface area (Å²) in [6.07, 6.45) is 5.03. The number of aliphatic hydroxyl groups is 1. The summed E-state index contributed by atoms with van der Waals surface area (Å²) in [6, 6.07) is -1.16. The Labute approximate surface area is 148 Å². The molecule has 1 aliphatic heterocycles. The molecule has 25 heavy (non-hydrogen) atoms. The largest absolute Gasteiger partial charge is 0.481 e. The van der Waals surface area contributed by atoms with Crippen LogP contribution in [0, 0.1) is 0 Å². The molecule has 0 aliphatic carbocycles. The number of carboxylic acids is 2. The van der Waals surface area contributed by atoms with Gasteiger partial charge in [-0.2, -0.15) is 0 Å². The van der Waals surface area contributed by atoms with E-state index in [4.69, 9.17) is 14.6 Å². The molecule has 1 fully saturated rings. The summed E-state index contributed by atoms with van der Waals surface area (Å²) in [5.41, 5.74) is 0. The van der Waals surface area contributed by atoms with Crippen molar-refractivity contribution in [3.05, 3.63) is 0 Å². The van der Waals surface area contributed by atoms with Gasteiger partial charge < -0.3 is 24.8 Å². The maximum atomic E-state index is 11.4. The molecule has 0 bridgehead atoms. The highest BCUT2D eigenvalue weighted by atomic mass is 16.7. The Kier molecular flexibility index (Phi) is 10.6. The molecule has 0 radical (unpaired) electrons. The van der Waals surface area contributed by atoms with Crippen LogP contribution >= 0.6 is 0 Å². The second-order valence-electron chi connectivity index (χ2n) is 6.41. The smallest absolute Gasteiger partial charge is 0.321 e. The first-order valence-electron chi connectivity index (χ1n) is 9.04. The first kappa shape index (κ1) is 21.8. The summed E-state index contributed by atoms with van der Waals surface area (Å²) in [7, 11) is 0. The number of hydrogen-bond donors (Lipinski definition) is 3. The Bertz CT molecular complexity index is 404. The number of rotatable bonds is 13. The number of carbonyl (C=O) groups is 2. The van der Waals surface area contributed by atoms with Crippen molar-refractivity contribution < 1.29 is 34.4 Å². The number of morpholine rings is 1. The molecular weight excluding hydrogens is 330 g/mol. The summed E-state index contributed by atoms with van der Waals surface area (Å²) in [5, 5.41) is 27.5. The van der Waals surface area contributed by atoms with Crippen molar-refractivity contribution in [2.24, 2.45) is 0 Å². The molecule has 0 unspecified atom stereocenters. The van der Waals surface area contributed by atoms with E-state index in [0.717, 1.165) is 19.3 Å². The van der Waals surface area contributed by atoms with Gasteiger partial charge in [0.25, 0.3) is 0 Å². The van der Waals surface area contributed by atoms with Crippen molar-refractivity contribution in [3.63, 3.8) is 0 Å². The van der Waals surface area contributed by atoms with E-state index in [-0.39, 0.29) is 19.7 Å². The molecule has 0 spiro atoms. The minimum Gasteiger partial charge on any atom is -0.481 e. The number of aliphatic carboxylic acids is 2. The van der Waals surface area contributed by atoms with Crippen molar-refractivity contribution in [1.82, 2.24) is 4.90 Å². The van der Waals surface area contributed by atoms with E-state index in [1.54, 1.807) is 0 Å². The van der Waals surface area contributed by atoms with Crippen LogP contribution in [0.3, 0.4) is 0 Å². The average Bonchev–Trinajstić information content (AvgIpc) is 2.58. The van der Waals surface area contributed by atoms with Gasteiger partial charge in [0, 0.05) is 13.2 Å². The lowest BCUT2D eigenvalue weighted by Gasteiger charge is -2.39. The van der Waals surface area contributed by atoms with E-state index < -0.39 is 36.8 Å². The molecule has 1 heterocycles. The number of ether oxygens (including phenoxy) is 2. The first-order chi connectivity index (χ1) is 12.0. The number of unbranched alkanes of at least 4 members (excludes halogenated alkanes) is 5. The predicted molar refractivity (Wildman–Crippen MR) is 90.3 cm³/mol. The highest BCUT2D eigenvalue weighted by Crippen LogP contribution is 2.18. The van der Waals surface area contributed by atoms with Crippen molar-refractivity contribution >= 4 is 11.9 Å². The summed E-state index contributed by atoms with van der Waals surface area (Å²) in [6.45, 7) is 2.74. The summed E-state index contributed by atoms with van der Waals surface area (Å²) in [4.78, 5) is 23.8. The van der Waals surface area contributed by atoms with E-state index in [9.17, 15) is 19.8 Å². The molecule has 1 saturated heterocycles. The molecule has 0 aromatic rings. The van der Waals surface area contributed by atoms with Gasteiger partial charge in [0.15, 0.2) is 6.29 Å². The Morgan fingerprint density at radius 1 is 1.16 bits per heavy atom. The zero-order chi connectivity index (χ0) is 18.7.